The lowest BCUT2D eigenvalue weighted by atomic mass is 10.2. The van der Waals surface area contributed by atoms with Crippen LogP contribution in [0, 0.1) is 10.1 Å². The highest BCUT2D eigenvalue weighted by Gasteiger charge is 2.16. The summed E-state index contributed by atoms with van der Waals surface area (Å²) in [7, 11) is 0. The van der Waals surface area contributed by atoms with Gasteiger partial charge in [0.25, 0.3) is 11.6 Å². The number of para-hydroxylation sites is 3. The van der Waals surface area contributed by atoms with E-state index in [1.165, 1.54) is 18.2 Å². The second kappa shape index (κ2) is 11.5. The van der Waals surface area contributed by atoms with Crippen molar-refractivity contribution in [3.05, 3.63) is 94.5 Å². The molecule has 0 radical (unpaired) electrons. The van der Waals surface area contributed by atoms with Crippen molar-refractivity contribution in [2.24, 2.45) is 5.10 Å². The van der Waals surface area contributed by atoms with Crippen molar-refractivity contribution >= 4 is 41.2 Å². The van der Waals surface area contributed by atoms with Gasteiger partial charge in [-0.15, -0.1) is 10.2 Å². The van der Waals surface area contributed by atoms with Gasteiger partial charge in [-0.1, -0.05) is 54.2 Å². The Morgan fingerprint density at radius 2 is 1.83 bits per heavy atom. The quantitative estimate of drug-likeness (QED) is 0.0956. The van der Waals surface area contributed by atoms with E-state index in [4.69, 9.17) is 10.6 Å². The zero-order chi connectivity index (χ0) is 25.3. The van der Waals surface area contributed by atoms with Gasteiger partial charge in [0.15, 0.2) is 0 Å². The Labute approximate surface area is 209 Å². The van der Waals surface area contributed by atoms with Crippen LogP contribution in [0.25, 0.3) is 0 Å². The Bertz CT molecular complexity index is 1390. The van der Waals surface area contributed by atoms with E-state index in [-0.39, 0.29) is 28.2 Å². The number of nitrogens with two attached hydrogens (primary N) is 1. The van der Waals surface area contributed by atoms with Gasteiger partial charge in [-0.25, -0.2) is 10.1 Å². The first-order valence-corrected chi connectivity index (χ1v) is 11.5. The van der Waals surface area contributed by atoms with Crippen molar-refractivity contribution in [2.75, 3.05) is 22.3 Å². The molecule has 4 N–H and O–H groups in total. The molecule has 0 fully saturated rings. The molecule has 36 heavy (non-hydrogen) atoms. The van der Waals surface area contributed by atoms with E-state index < -0.39 is 10.8 Å². The van der Waals surface area contributed by atoms with Crippen LogP contribution in [0.5, 0.6) is 11.5 Å². The minimum atomic E-state index is -0.565. The number of hydrazone groups is 1. The number of nitro benzene ring substituents is 1. The molecule has 0 bridgehead atoms. The zero-order valence-electron chi connectivity index (χ0n) is 18.6. The second-order valence-electron chi connectivity index (χ2n) is 7.14. The van der Waals surface area contributed by atoms with Crippen LogP contribution in [0.1, 0.15) is 5.56 Å². The lowest BCUT2D eigenvalue weighted by Gasteiger charge is -2.06. The van der Waals surface area contributed by atoms with Crippen LogP contribution in [0.3, 0.4) is 0 Å². The van der Waals surface area contributed by atoms with E-state index in [9.17, 15) is 14.9 Å². The number of ether oxygens (including phenoxy) is 1. The summed E-state index contributed by atoms with van der Waals surface area (Å²) in [6.07, 6.45) is 1.57. The fraction of sp³-hybridized carbons (Fsp3) is 0.0435. The Morgan fingerprint density at radius 3 is 2.64 bits per heavy atom. The lowest BCUT2D eigenvalue weighted by molar-refractivity contribution is -0.383. The average Bonchev–Trinajstić information content (AvgIpc) is 3.23. The summed E-state index contributed by atoms with van der Waals surface area (Å²) in [5, 5.41) is 25.8. The first kappa shape index (κ1) is 24.2. The number of nitrogens with zero attached hydrogens (tertiary/aromatic N) is 5. The molecule has 0 spiro atoms. The Kier molecular flexibility index (Phi) is 7.73. The van der Waals surface area contributed by atoms with Gasteiger partial charge in [0.05, 0.1) is 16.9 Å². The number of nitrogen functional groups attached to an aromatic ring is 1. The minimum absolute atomic E-state index is 0.0845. The zero-order valence-corrected chi connectivity index (χ0v) is 19.5. The van der Waals surface area contributed by atoms with E-state index in [0.717, 1.165) is 27.8 Å². The van der Waals surface area contributed by atoms with Gasteiger partial charge < -0.3 is 15.9 Å². The maximum Gasteiger partial charge on any atom is 0.292 e. The van der Waals surface area contributed by atoms with Crippen molar-refractivity contribution in [3.8, 4) is 11.5 Å². The van der Waals surface area contributed by atoms with Crippen LogP contribution >= 0.6 is 11.8 Å². The van der Waals surface area contributed by atoms with E-state index in [0.29, 0.717) is 5.75 Å². The molecule has 4 rings (SSSR count). The number of carbonyl (C=O) groups excluding carboxylic acids is 1. The highest BCUT2D eigenvalue weighted by atomic mass is 32.2. The van der Waals surface area contributed by atoms with Crippen LogP contribution < -0.4 is 21.3 Å². The van der Waals surface area contributed by atoms with Crippen LogP contribution in [0.15, 0.2) is 89.1 Å². The van der Waals surface area contributed by atoms with Crippen LogP contribution in [-0.4, -0.2) is 37.7 Å². The average molecular weight is 505 g/mol. The van der Waals surface area contributed by atoms with Gasteiger partial charge in [0, 0.05) is 6.07 Å². The Morgan fingerprint density at radius 1 is 1.08 bits per heavy atom. The van der Waals surface area contributed by atoms with Gasteiger partial charge >= 0.3 is 0 Å². The maximum atomic E-state index is 12.2. The molecule has 1 heterocycles. The number of thioether (sulfide) groups is 1. The molecule has 1 amide bonds. The number of rotatable bonds is 10. The summed E-state index contributed by atoms with van der Waals surface area (Å²) in [5.41, 5.74) is 3.39. The standard InChI is InChI=1S/C23H20N8O4S/c24-30-22(27-25-14-16-7-6-10-18(13-16)35-17-8-2-1-3-9-17)28-29-23(30)36-15-21(32)26-19-11-4-5-12-20(19)31(33)34/h1-14H,15,24H2,(H,26,32)(H,27,28)/b25-14+. The number of aromatic nitrogens is 3. The SMILES string of the molecule is Nn1c(N/N=C/c2cccc(Oc3ccccc3)c2)nnc1SCC(=O)Nc1ccccc1[N+](=O)[O-]. The normalized spacial score (nSPS) is 10.8. The minimum Gasteiger partial charge on any atom is -0.457 e. The molecule has 3 aromatic carbocycles. The third kappa shape index (κ3) is 6.36. The van der Waals surface area contributed by atoms with Crippen molar-refractivity contribution in [1.82, 2.24) is 14.9 Å². The fourth-order valence-electron chi connectivity index (χ4n) is 2.95. The summed E-state index contributed by atoms with van der Waals surface area (Å²) in [6, 6.07) is 22.7. The molecule has 13 heteroatoms. The number of hydrogen-bond donors (Lipinski definition) is 3. The molecule has 0 aliphatic heterocycles. The van der Waals surface area contributed by atoms with Gasteiger partial charge in [-0.05, 0) is 35.9 Å². The number of carbonyl (C=O) groups is 1. The van der Waals surface area contributed by atoms with Crippen LogP contribution in [0.2, 0.25) is 0 Å². The molecule has 12 nitrogen and oxygen atoms in total. The van der Waals surface area contributed by atoms with E-state index in [2.05, 4.69) is 26.0 Å². The van der Waals surface area contributed by atoms with Gasteiger partial charge in [-0.2, -0.15) is 5.10 Å². The molecule has 0 aliphatic rings. The predicted molar refractivity (Wildman–Crippen MR) is 137 cm³/mol. The summed E-state index contributed by atoms with van der Waals surface area (Å²) >= 11 is 1.02. The van der Waals surface area contributed by atoms with Crippen molar-refractivity contribution in [2.45, 2.75) is 5.16 Å². The number of anilines is 2. The summed E-state index contributed by atoms with van der Waals surface area (Å²) in [6.45, 7) is 0. The third-order valence-corrected chi connectivity index (χ3v) is 5.53. The highest BCUT2D eigenvalue weighted by molar-refractivity contribution is 7.99. The molecule has 0 saturated carbocycles. The van der Waals surface area contributed by atoms with Crippen LogP contribution in [0.4, 0.5) is 17.3 Å². The van der Waals surface area contributed by atoms with Crippen molar-refractivity contribution in [3.63, 3.8) is 0 Å². The number of benzene rings is 3. The maximum absolute atomic E-state index is 12.2. The monoisotopic (exact) mass is 504 g/mol. The first-order valence-electron chi connectivity index (χ1n) is 10.5. The summed E-state index contributed by atoms with van der Waals surface area (Å²) < 4.78 is 6.96. The van der Waals surface area contributed by atoms with E-state index in [1.807, 2.05) is 54.6 Å². The number of amides is 1. The third-order valence-electron chi connectivity index (χ3n) is 4.59. The molecule has 4 aromatic rings. The van der Waals surface area contributed by atoms with Gasteiger partial charge in [-0.3, -0.25) is 14.9 Å². The lowest BCUT2D eigenvalue weighted by Crippen LogP contribution is -2.17. The van der Waals surface area contributed by atoms with Crippen molar-refractivity contribution < 1.29 is 14.5 Å². The van der Waals surface area contributed by atoms with Crippen molar-refractivity contribution in [1.29, 1.82) is 0 Å². The van der Waals surface area contributed by atoms with Gasteiger partial charge in [0.2, 0.25) is 11.1 Å². The molecule has 0 saturated heterocycles. The molecule has 0 atom stereocenters. The van der Waals surface area contributed by atoms with E-state index >= 15 is 0 Å². The summed E-state index contributed by atoms with van der Waals surface area (Å²) in [4.78, 5) is 22.8. The topological polar surface area (TPSA) is 163 Å². The predicted octanol–water partition coefficient (Wildman–Crippen LogP) is 3.87. The van der Waals surface area contributed by atoms with E-state index in [1.54, 1.807) is 12.3 Å². The Hall–Kier alpha value is -4.91. The largest absolute Gasteiger partial charge is 0.457 e. The molecule has 0 aliphatic carbocycles. The Balaban J connectivity index is 1.31. The number of hydrogen-bond acceptors (Lipinski definition) is 10. The molecular formula is C23H20N8O4S. The second-order valence-corrected chi connectivity index (χ2v) is 8.09. The first-order chi connectivity index (χ1) is 17.5. The summed E-state index contributed by atoms with van der Waals surface area (Å²) in [5.74, 6) is 6.99. The van der Waals surface area contributed by atoms with Gasteiger partial charge in [0.1, 0.15) is 17.2 Å². The molecular weight excluding hydrogens is 484 g/mol. The number of nitrogens with one attached hydrogen (secondary N) is 2. The molecule has 182 valence electrons. The fourth-order valence-corrected chi connectivity index (χ4v) is 3.61. The highest BCUT2D eigenvalue weighted by Crippen LogP contribution is 2.24. The molecule has 0 unspecified atom stereocenters. The molecule has 1 aromatic heterocycles. The smallest absolute Gasteiger partial charge is 0.292 e. The van der Waals surface area contributed by atoms with Crippen LogP contribution in [-0.2, 0) is 4.79 Å². The number of nitro groups is 1.